The van der Waals surface area contributed by atoms with Crippen LogP contribution in [0.2, 0.25) is 0 Å². The van der Waals surface area contributed by atoms with Crippen molar-refractivity contribution in [1.29, 1.82) is 0 Å². The molecule has 2 saturated carbocycles. The summed E-state index contributed by atoms with van der Waals surface area (Å²) in [6, 6.07) is 5.25. The summed E-state index contributed by atoms with van der Waals surface area (Å²) in [7, 11) is 0. The number of hydrogen-bond donors (Lipinski definition) is 3. The first-order chi connectivity index (χ1) is 24.5. The van der Waals surface area contributed by atoms with Gasteiger partial charge in [0.25, 0.3) is 11.8 Å². The van der Waals surface area contributed by atoms with Crippen LogP contribution in [-0.2, 0) is 23.9 Å². The number of likely N-dealkylation sites (tertiary alicyclic amines) is 1. The molecule has 1 aromatic carbocycles. The Balaban J connectivity index is 1.13. The minimum absolute atomic E-state index is 0.0567. The number of hydrogen-bond acceptors (Lipinski definition) is 9. The second-order valence-corrected chi connectivity index (χ2v) is 13.9. The molecule has 0 bridgehead atoms. The quantitative estimate of drug-likeness (QED) is 0.296. The van der Waals surface area contributed by atoms with E-state index in [-0.39, 0.29) is 81.0 Å². The lowest BCUT2D eigenvalue weighted by Gasteiger charge is -2.37. The molecule has 0 spiro atoms. The summed E-state index contributed by atoms with van der Waals surface area (Å²) in [5.41, 5.74) is 1.23. The minimum Gasteiger partial charge on any atom is -0.483 e. The van der Waals surface area contributed by atoms with Crippen molar-refractivity contribution in [1.82, 2.24) is 30.3 Å². The Bertz CT molecular complexity index is 1670. The number of benzene rings is 1. The molecule has 1 aromatic heterocycles. The molecule has 0 radical (unpaired) electrons. The normalized spacial score (nSPS) is 19.9. The molecule has 3 N–H and O–H groups in total. The number of carboxylic acids is 1. The predicted octanol–water partition coefficient (Wildman–Crippen LogP) is 2.38. The molecule has 2 aliphatic carbocycles. The van der Waals surface area contributed by atoms with Crippen molar-refractivity contribution in [3.63, 3.8) is 0 Å². The van der Waals surface area contributed by atoms with Crippen molar-refractivity contribution >= 4 is 46.6 Å². The number of amides is 5. The Morgan fingerprint density at radius 3 is 2.31 bits per heavy atom. The maximum absolute atomic E-state index is 13.7. The Morgan fingerprint density at radius 2 is 1.65 bits per heavy atom. The van der Waals surface area contributed by atoms with E-state index in [2.05, 4.69) is 15.6 Å². The van der Waals surface area contributed by atoms with Crippen LogP contribution in [0.3, 0.4) is 0 Å². The highest BCUT2D eigenvalue weighted by atomic mass is 16.6. The van der Waals surface area contributed by atoms with Crippen LogP contribution in [0.4, 0.5) is 4.79 Å². The molecule has 15 nitrogen and oxygen atoms in total. The van der Waals surface area contributed by atoms with Crippen LogP contribution in [0.1, 0.15) is 80.3 Å². The highest BCUT2D eigenvalue weighted by molar-refractivity contribution is 5.99. The van der Waals surface area contributed by atoms with Gasteiger partial charge in [-0.05, 0) is 82.4 Å². The molecule has 2 atom stereocenters. The van der Waals surface area contributed by atoms with Crippen molar-refractivity contribution in [2.24, 2.45) is 0 Å². The molecule has 15 heteroatoms. The zero-order valence-electron chi connectivity index (χ0n) is 28.9. The van der Waals surface area contributed by atoms with E-state index < -0.39 is 36.0 Å². The second-order valence-electron chi connectivity index (χ2n) is 13.9. The first kappa shape index (κ1) is 35.9. The van der Waals surface area contributed by atoms with Crippen molar-refractivity contribution < 1.29 is 43.3 Å². The minimum atomic E-state index is -1.17. The highest BCUT2D eigenvalue weighted by Gasteiger charge is 2.36. The Morgan fingerprint density at radius 1 is 0.922 bits per heavy atom. The Hall–Kier alpha value is -4.95. The first-order valence-corrected chi connectivity index (χ1v) is 18.0. The molecular weight excluding hydrogens is 660 g/mol. The zero-order chi connectivity index (χ0) is 36.1. The van der Waals surface area contributed by atoms with Crippen LogP contribution < -0.4 is 15.4 Å². The van der Waals surface area contributed by atoms with E-state index in [0.29, 0.717) is 30.3 Å². The monoisotopic (exact) mass is 706 g/mol. The van der Waals surface area contributed by atoms with Crippen molar-refractivity contribution in [2.75, 3.05) is 39.3 Å². The van der Waals surface area contributed by atoms with Gasteiger partial charge in [0.15, 0.2) is 6.61 Å². The molecule has 6 rings (SSSR count). The van der Waals surface area contributed by atoms with Gasteiger partial charge in [0.2, 0.25) is 11.8 Å². The van der Waals surface area contributed by atoms with Crippen molar-refractivity contribution in [3.8, 4) is 5.75 Å². The van der Waals surface area contributed by atoms with Crippen molar-refractivity contribution in [3.05, 3.63) is 35.5 Å². The molecule has 2 aliphatic heterocycles. The van der Waals surface area contributed by atoms with Gasteiger partial charge in [-0.2, -0.15) is 0 Å². The van der Waals surface area contributed by atoms with Gasteiger partial charge in [0.1, 0.15) is 29.6 Å². The Labute approximate surface area is 296 Å². The van der Waals surface area contributed by atoms with E-state index in [4.69, 9.17) is 9.47 Å². The van der Waals surface area contributed by atoms with E-state index in [1.54, 1.807) is 21.9 Å². The summed E-state index contributed by atoms with van der Waals surface area (Å²) >= 11 is 0. The standard InChI is InChI=1S/C36H46N6O9/c1-22-10-11-25-27(19-22)38-28(20-30(25)50-21-31(43)42-14-4-9-29(42)34(47)37-23-5-2-6-23)33(46)39-26(12-13-32(44)45)35(48)40-15-17-41(18-16-40)36(49)51-24-7-3-8-24/h10-11,19-20,23-24,26,29H,2-9,12-18,21H2,1H3,(H,37,47)(H,39,46)(H,44,45). The zero-order valence-corrected chi connectivity index (χ0v) is 28.9. The molecule has 4 aliphatic rings. The molecule has 4 fully saturated rings. The number of pyridine rings is 1. The second kappa shape index (κ2) is 15.9. The molecule has 274 valence electrons. The fourth-order valence-corrected chi connectivity index (χ4v) is 6.75. The maximum atomic E-state index is 13.7. The van der Waals surface area contributed by atoms with E-state index in [0.717, 1.165) is 44.1 Å². The van der Waals surface area contributed by atoms with Crippen LogP contribution in [0.5, 0.6) is 5.75 Å². The molecule has 2 saturated heterocycles. The predicted molar refractivity (Wildman–Crippen MR) is 183 cm³/mol. The molecule has 5 amide bonds. The lowest BCUT2D eigenvalue weighted by Crippen LogP contribution is -2.56. The fraction of sp³-hybridized carbons (Fsp3) is 0.583. The van der Waals surface area contributed by atoms with E-state index in [9.17, 15) is 33.9 Å². The number of fused-ring (bicyclic) bond motifs is 1. The van der Waals surface area contributed by atoms with E-state index in [1.807, 2.05) is 13.0 Å². The van der Waals surface area contributed by atoms with Crippen LogP contribution in [0.15, 0.2) is 24.3 Å². The number of carbonyl (C=O) groups is 6. The number of piperazine rings is 1. The molecule has 3 heterocycles. The van der Waals surface area contributed by atoms with Gasteiger partial charge in [0, 0.05) is 56.6 Å². The fourth-order valence-electron chi connectivity index (χ4n) is 6.75. The number of carbonyl (C=O) groups excluding carboxylic acids is 5. The maximum Gasteiger partial charge on any atom is 0.410 e. The number of ether oxygens (including phenoxy) is 2. The van der Waals surface area contributed by atoms with Gasteiger partial charge in [-0.25, -0.2) is 9.78 Å². The molecule has 51 heavy (non-hydrogen) atoms. The number of aryl methyl sites for hydroxylation is 1. The van der Waals surface area contributed by atoms with Crippen LogP contribution in [0, 0.1) is 6.92 Å². The molecule has 2 unspecified atom stereocenters. The molecule has 2 aromatic rings. The summed E-state index contributed by atoms with van der Waals surface area (Å²) in [6.45, 7) is 2.88. The van der Waals surface area contributed by atoms with Crippen LogP contribution >= 0.6 is 0 Å². The Kier molecular flexibility index (Phi) is 11.2. The third-order valence-electron chi connectivity index (χ3n) is 10.3. The van der Waals surface area contributed by atoms with Gasteiger partial charge in [-0.3, -0.25) is 24.0 Å². The summed E-state index contributed by atoms with van der Waals surface area (Å²) in [4.78, 5) is 86.7. The average Bonchev–Trinajstić information content (AvgIpc) is 3.58. The summed E-state index contributed by atoms with van der Waals surface area (Å²) < 4.78 is 11.5. The number of nitrogens with zero attached hydrogens (tertiary/aromatic N) is 4. The summed E-state index contributed by atoms with van der Waals surface area (Å²) in [6.07, 6.45) is 6.03. The summed E-state index contributed by atoms with van der Waals surface area (Å²) in [5, 5.41) is 15.7. The van der Waals surface area contributed by atoms with Gasteiger partial charge in [-0.1, -0.05) is 6.07 Å². The van der Waals surface area contributed by atoms with Crippen LogP contribution in [-0.4, -0.2) is 124 Å². The van der Waals surface area contributed by atoms with Gasteiger partial charge in [-0.15, -0.1) is 0 Å². The van der Waals surface area contributed by atoms with E-state index >= 15 is 0 Å². The number of aromatic nitrogens is 1. The third-order valence-corrected chi connectivity index (χ3v) is 10.3. The lowest BCUT2D eigenvalue weighted by molar-refractivity contribution is -0.140. The number of aliphatic carboxylic acids is 1. The topological polar surface area (TPSA) is 188 Å². The molecular formula is C36H46N6O9. The largest absolute Gasteiger partial charge is 0.483 e. The van der Waals surface area contributed by atoms with Gasteiger partial charge >= 0.3 is 12.1 Å². The highest BCUT2D eigenvalue weighted by Crippen LogP contribution is 2.28. The number of carboxylic acid groups (broad SMARTS) is 1. The SMILES string of the molecule is Cc1ccc2c(OCC(=O)N3CCCC3C(=O)NC3CCC3)cc(C(=O)NC(CCC(=O)O)C(=O)N3CCN(C(=O)OC4CCC4)CC3)nc2c1. The van der Waals surface area contributed by atoms with Crippen molar-refractivity contribution in [2.45, 2.75) is 95.4 Å². The van der Waals surface area contributed by atoms with Gasteiger partial charge in [0.05, 0.1) is 5.52 Å². The average molecular weight is 707 g/mol. The summed E-state index contributed by atoms with van der Waals surface area (Å²) in [5.74, 6) is -2.56. The van der Waals surface area contributed by atoms with Crippen LogP contribution in [0.25, 0.3) is 10.9 Å². The lowest BCUT2D eigenvalue weighted by atomic mass is 9.93. The number of rotatable bonds is 12. The van der Waals surface area contributed by atoms with E-state index in [1.165, 1.54) is 11.0 Å². The smallest absolute Gasteiger partial charge is 0.410 e. The number of nitrogens with one attached hydrogen (secondary N) is 2. The third kappa shape index (κ3) is 8.68. The first-order valence-electron chi connectivity index (χ1n) is 18.0. The van der Waals surface area contributed by atoms with Gasteiger partial charge < -0.3 is 39.9 Å².